The van der Waals surface area contributed by atoms with E-state index in [1.165, 1.54) is 12.0 Å². The summed E-state index contributed by atoms with van der Waals surface area (Å²) in [7, 11) is 1.46. The number of carbonyl (C=O) groups is 2. The van der Waals surface area contributed by atoms with Crippen molar-refractivity contribution in [2.45, 2.75) is 13.0 Å². The molecule has 2 amide bonds. The Labute approximate surface area is 122 Å². The molecule has 6 nitrogen and oxygen atoms in total. The zero-order chi connectivity index (χ0) is 14.7. The van der Waals surface area contributed by atoms with Crippen LogP contribution in [0.5, 0.6) is 0 Å². The second-order valence-corrected chi connectivity index (χ2v) is 4.76. The van der Waals surface area contributed by atoms with E-state index in [0.717, 1.165) is 0 Å². The number of methoxy groups -OCH3 is 1. The van der Waals surface area contributed by atoms with Crippen molar-refractivity contribution in [3.05, 3.63) is 24.3 Å². The highest BCUT2D eigenvalue weighted by molar-refractivity contribution is 7.80. The second-order valence-electron chi connectivity index (χ2n) is 4.37. The zero-order valence-electron chi connectivity index (χ0n) is 11.2. The first kappa shape index (κ1) is 14.4. The molecule has 1 unspecified atom stereocenters. The Morgan fingerprint density at radius 2 is 2.10 bits per heavy atom. The fraction of sp³-hybridized carbons (Fsp3) is 0.308. The van der Waals surface area contributed by atoms with Crippen LogP contribution in [0.4, 0.5) is 11.4 Å². The van der Waals surface area contributed by atoms with Crippen LogP contribution < -0.4 is 15.5 Å². The molecular formula is C13H15N3O3S. The van der Waals surface area contributed by atoms with Gasteiger partial charge in [0.25, 0.3) is 5.91 Å². The number of hydrogen-bond acceptors (Lipinski definition) is 4. The van der Waals surface area contributed by atoms with Crippen molar-refractivity contribution in [3.63, 3.8) is 0 Å². The summed E-state index contributed by atoms with van der Waals surface area (Å²) >= 11 is 5.12. The molecule has 1 aromatic carbocycles. The quantitative estimate of drug-likeness (QED) is 0.807. The van der Waals surface area contributed by atoms with Crippen LogP contribution in [-0.2, 0) is 14.3 Å². The van der Waals surface area contributed by atoms with Gasteiger partial charge in [-0.25, -0.2) is 0 Å². The Balaban J connectivity index is 2.10. The number of anilines is 2. The summed E-state index contributed by atoms with van der Waals surface area (Å²) in [5.41, 5.74) is 1.30. The van der Waals surface area contributed by atoms with Gasteiger partial charge < -0.3 is 15.4 Å². The SMILES string of the molecule is COCC(=O)Nc1ccc(N2C(=O)C(C)NC2=S)cc1. The van der Waals surface area contributed by atoms with E-state index < -0.39 is 0 Å². The van der Waals surface area contributed by atoms with Crippen molar-refractivity contribution in [1.29, 1.82) is 0 Å². The second kappa shape index (κ2) is 5.98. The minimum atomic E-state index is -0.316. The monoisotopic (exact) mass is 293 g/mol. The van der Waals surface area contributed by atoms with Crippen LogP contribution in [0, 0.1) is 0 Å². The largest absolute Gasteiger partial charge is 0.375 e. The Hall–Kier alpha value is -1.99. The molecule has 0 aromatic heterocycles. The van der Waals surface area contributed by atoms with Crippen molar-refractivity contribution < 1.29 is 14.3 Å². The number of nitrogens with one attached hydrogen (secondary N) is 2. The third-order valence-corrected chi connectivity index (χ3v) is 3.12. The first-order valence-electron chi connectivity index (χ1n) is 6.06. The van der Waals surface area contributed by atoms with Crippen LogP contribution in [0.25, 0.3) is 0 Å². The highest BCUT2D eigenvalue weighted by Gasteiger charge is 2.33. The summed E-state index contributed by atoms with van der Waals surface area (Å²) in [6, 6.07) is 6.56. The summed E-state index contributed by atoms with van der Waals surface area (Å²) < 4.78 is 4.73. The van der Waals surface area contributed by atoms with Gasteiger partial charge in [0.2, 0.25) is 5.91 Å². The van der Waals surface area contributed by atoms with Gasteiger partial charge in [-0.15, -0.1) is 0 Å². The predicted molar refractivity (Wildman–Crippen MR) is 79.6 cm³/mol. The lowest BCUT2D eigenvalue weighted by molar-refractivity contribution is -0.119. The van der Waals surface area contributed by atoms with E-state index in [2.05, 4.69) is 10.6 Å². The molecule has 0 spiro atoms. The molecule has 1 aliphatic rings. The fourth-order valence-electron chi connectivity index (χ4n) is 1.87. The van der Waals surface area contributed by atoms with Crippen molar-refractivity contribution >= 4 is 40.5 Å². The predicted octanol–water partition coefficient (Wildman–Crippen LogP) is 0.881. The first-order valence-corrected chi connectivity index (χ1v) is 6.47. The molecule has 1 fully saturated rings. The summed E-state index contributed by atoms with van der Waals surface area (Å²) in [6.45, 7) is 1.76. The van der Waals surface area contributed by atoms with Crippen LogP contribution in [0.3, 0.4) is 0 Å². The Kier molecular flexibility index (Phi) is 4.31. The van der Waals surface area contributed by atoms with Gasteiger partial charge in [-0.2, -0.15) is 0 Å². The number of carbonyl (C=O) groups excluding carboxylic acids is 2. The smallest absolute Gasteiger partial charge is 0.255 e. The van der Waals surface area contributed by atoms with E-state index >= 15 is 0 Å². The van der Waals surface area contributed by atoms with E-state index in [1.807, 2.05) is 0 Å². The Morgan fingerprint density at radius 1 is 1.45 bits per heavy atom. The van der Waals surface area contributed by atoms with Crippen LogP contribution >= 0.6 is 12.2 Å². The van der Waals surface area contributed by atoms with Gasteiger partial charge in [0.05, 0.1) is 5.69 Å². The topological polar surface area (TPSA) is 70.7 Å². The molecule has 0 radical (unpaired) electrons. The summed E-state index contributed by atoms with van der Waals surface area (Å²) in [5.74, 6) is -0.325. The molecule has 20 heavy (non-hydrogen) atoms. The standard InChI is InChI=1S/C13H15N3O3S/c1-8-12(18)16(13(20)14-8)10-5-3-9(4-6-10)15-11(17)7-19-2/h3-6,8H,7H2,1-2H3,(H,14,20)(H,15,17). The highest BCUT2D eigenvalue weighted by Crippen LogP contribution is 2.21. The van der Waals surface area contributed by atoms with Gasteiger partial charge in [0, 0.05) is 12.8 Å². The summed E-state index contributed by atoms with van der Waals surface area (Å²) in [4.78, 5) is 24.8. The minimum Gasteiger partial charge on any atom is -0.375 e. The lowest BCUT2D eigenvalue weighted by Gasteiger charge is -2.15. The van der Waals surface area contributed by atoms with Gasteiger partial charge in [-0.05, 0) is 43.4 Å². The van der Waals surface area contributed by atoms with E-state index in [0.29, 0.717) is 16.5 Å². The van der Waals surface area contributed by atoms with Gasteiger partial charge >= 0.3 is 0 Å². The normalized spacial score (nSPS) is 18.1. The van der Waals surface area contributed by atoms with Crippen molar-refractivity contribution in [3.8, 4) is 0 Å². The number of thiocarbonyl (C=S) groups is 1. The first-order chi connectivity index (χ1) is 9.52. The molecule has 0 aliphatic carbocycles. The maximum atomic E-state index is 12.0. The van der Waals surface area contributed by atoms with Crippen LogP contribution in [0.15, 0.2) is 24.3 Å². The number of benzene rings is 1. The van der Waals surface area contributed by atoms with E-state index in [1.54, 1.807) is 31.2 Å². The Morgan fingerprint density at radius 3 is 2.60 bits per heavy atom. The van der Waals surface area contributed by atoms with E-state index in [4.69, 9.17) is 17.0 Å². The molecule has 7 heteroatoms. The van der Waals surface area contributed by atoms with Crippen LogP contribution in [0.1, 0.15) is 6.92 Å². The zero-order valence-corrected chi connectivity index (χ0v) is 12.0. The van der Waals surface area contributed by atoms with Gasteiger partial charge in [-0.3, -0.25) is 14.5 Å². The number of hydrogen-bond donors (Lipinski definition) is 2. The lowest BCUT2D eigenvalue weighted by Crippen LogP contribution is -2.30. The molecule has 0 saturated carbocycles. The molecule has 106 valence electrons. The number of nitrogens with zero attached hydrogens (tertiary/aromatic N) is 1. The van der Waals surface area contributed by atoms with E-state index in [-0.39, 0.29) is 24.5 Å². The Bertz CT molecular complexity index is 544. The molecule has 1 aromatic rings. The average molecular weight is 293 g/mol. The molecule has 2 N–H and O–H groups in total. The average Bonchev–Trinajstić information content (AvgIpc) is 2.65. The highest BCUT2D eigenvalue weighted by atomic mass is 32.1. The lowest BCUT2D eigenvalue weighted by atomic mass is 10.2. The van der Waals surface area contributed by atoms with Gasteiger partial charge in [0.1, 0.15) is 12.6 Å². The van der Waals surface area contributed by atoms with Gasteiger partial charge in [-0.1, -0.05) is 0 Å². The number of amides is 2. The molecule has 1 atom stereocenters. The molecule has 2 rings (SSSR count). The molecular weight excluding hydrogens is 278 g/mol. The summed E-state index contributed by atoms with van der Waals surface area (Å²) in [6.07, 6.45) is 0. The van der Waals surface area contributed by atoms with Crippen molar-refractivity contribution in [2.24, 2.45) is 0 Å². The third-order valence-electron chi connectivity index (χ3n) is 2.82. The van der Waals surface area contributed by atoms with Crippen molar-refractivity contribution in [1.82, 2.24) is 5.32 Å². The third kappa shape index (κ3) is 2.94. The molecule has 1 aliphatic heterocycles. The van der Waals surface area contributed by atoms with Gasteiger partial charge in [0.15, 0.2) is 5.11 Å². The molecule has 0 bridgehead atoms. The molecule has 1 saturated heterocycles. The maximum Gasteiger partial charge on any atom is 0.255 e. The fourth-order valence-corrected chi connectivity index (χ4v) is 2.24. The molecule has 1 heterocycles. The maximum absolute atomic E-state index is 12.0. The number of ether oxygens (including phenoxy) is 1. The van der Waals surface area contributed by atoms with Crippen molar-refractivity contribution in [2.75, 3.05) is 23.9 Å². The van der Waals surface area contributed by atoms with Crippen LogP contribution in [-0.4, -0.2) is 36.7 Å². The number of rotatable bonds is 4. The van der Waals surface area contributed by atoms with E-state index in [9.17, 15) is 9.59 Å². The minimum absolute atomic E-state index is 0.00210. The summed E-state index contributed by atoms with van der Waals surface area (Å²) in [5, 5.41) is 5.96. The van der Waals surface area contributed by atoms with Crippen LogP contribution in [0.2, 0.25) is 0 Å².